The Morgan fingerprint density at radius 2 is 1.73 bits per heavy atom. The van der Waals surface area contributed by atoms with Crippen LogP contribution >= 0.6 is 0 Å². The molecule has 0 unspecified atom stereocenters. The Morgan fingerprint density at radius 3 is 2.52 bits per heavy atom. The molecule has 0 radical (unpaired) electrons. The van der Waals surface area contributed by atoms with Crippen molar-refractivity contribution < 1.29 is 14.3 Å². The van der Waals surface area contributed by atoms with E-state index in [2.05, 4.69) is 14.9 Å². The van der Waals surface area contributed by atoms with Gasteiger partial charge in [-0.3, -0.25) is 14.4 Å². The molecule has 0 atom stereocenters. The zero-order chi connectivity index (χ0) is 23.4. The highest BCUT2D eigenvalue weighted by atomic mass is 16.5. The third-order valence-electron chi connectivity index (χ3n) is 5.58. The van der Waals surface area contributed by atoms with Gasteiger partial charge >= 0.3 is 5.97 Å². The topological polar surface area (TPSA) is 96.1 Å². The van der Waals surface area contributed by atoms with E-state index in [-0.39, 0.29) is 30.9 Å². The van der Waals surface area contributed by atoms with Crippen molar-refractivity contribution in [2.75, 3.05) is 6.61 Å². The highest BCUT2D eigenvalue weighted by Gasteiger charge is 2.18. The number of ketones is 1. The first-order valence-electron chi connectivity index (χ1n) is 10.7. The maximum atomic E-state index is 12.7. The third-order valence-corrected chi connectivity index (χ3v) is 5.58. The summed E-state index contributed by atoms with van der Waals surface area (Å²) >= 11 is 0. The molecule has 0 amide bonds. The van der Waals surface area contributed by atoms with Gasteiger partial charge in [0.15, 0.2) is 6.61 Å². The Bertz CT molecular complexity index is 1370. The van der Waals surface area contributed by atoms with Gasteiger partial charge in [-0.2, -0.15) is 0 Å². The van der Waals surface area contributed by atoms with Crippen molar-refractivity contribution in [1.82, 2.24) is 19.6 Å². The molecule has 0 aliphatic rings. The van der Waals surface area contributed by atoms with Crippen LogP contribution in [0, 0.1) is 13.8 Å². The third kappa shape index (κ3) is 4.90. The lowest BCUT2D eigenvalue weighted by atomic mass is 10.1. The van der Waals surface area contributed by atoms with Gasteiger partial charge < -0.3 is 9.30 Å². The van der Waals surface area contributed by atoms with E-state index in [0.29, 0.717) is 23.0 Å². The van der Waals surface area contributed by atoms with Crippen molar-refractivity contribution in [2.45, 2.75) is 33.4 Å². The van der Waals surface area contributed by atoms with Gasteiger partial charge in [-0.25, -0.2) is 4.68 Å². The van der Waals surface area contributed by atoms with E-state index in [1.807, 2.05) is 50.2 Å². The first-order chi connectivity index (χ1) is 15.9. The van der Waals surface area contributed by atoms with Crippen LogP contribution in [-0.4, -0.2) is 37.9 Å². The van der Waals surface area contributed by atoms with Crippen molar-refractivity contribution in [3.05, 3.63) is 93.5 Å². The average Bonchev–Trinajstić information content (AvgIpc) is 3.11. The fraction of sp³-hybridized carbons (Fsp3) is 0.240. The predicted molar refractivity (Wildman–Crippen MR) is 123 cm³/mol. The molecule has 4 aromatic rings. The minimum absolute atomic E-state index is 0.0231. The molecule has 0 aliphatic heterocycles. The first kappa shape index (κ1) is 22.1. The fourth-order valence-corrected chi connectivity index (χ4v) is 3.76. The molecular formula is C25H24N4O4. The van der Waals surface area contributed by atoms with Crippen LogP contribution in [0.3, 0.4) is 0 Å². The van der Waals surface area contributed by atoms with Crippen LogP contribution in [0.1, 0.15) is 33.7 Å². The van der Waals surface area contributed by atoms with Crippen molar-refractivity contribution in [1.29, 1.82) is 0 Å². The number of carbonyl (C=O) groups is 2. The van der Waals surface area contributed by atoms with Crippen LogP contribution < -0.4 is 5.56 Å². The summed E-state index contributed by atoms with van der Waals surface area (Å²) in [7, 11) is 0. The number of hydrogen-bond acceptors (Lipinski definition) is 6. The lowest BCUT2D eigenvalue weighted by Crippen LogP contribution is -2.26. The molecule has 2 aromatic carbocycles. The van der Waals surface area contributed by atoms with Crippen molar-refractivity contribution >= 4 is 22.7 Å². The van der Waals surface area contributed by atoms with Crippen LogP contribution in [0.25, 0.3) is 10.9 Å². The van der Waals surface area contributed by atoms with Crippen LogP contribution in [0.5, 0.6) is 0 Å². The average molecular weight is 444 g/mol. The molecule has 0 saturated carbocycles. The van der Waals surface area contributed by atoms with Gasteiger partial charge in [0, 0.05) is 23.5 Å². The zero-order valence-corrected chi connectivity index (χ0v) is 18.5. The number of Topliss-reactive ketones (excluding diaryl/α,β-unsaturated/α-hetero) is 1. The van der Waals surface area contributed by atoms with E-state index >= 15 is 0 Å². The molecule has 2 heterocycles. The second-order valence-electron chi connectivity index (χ2n) is 7.83. The first-order valence-corrected chi connectivity index (χ1v) is 10.7. The molecule has 0 bridgehead atoms. The van der Waals surface area contributed by atoms with Crippen LogP contribution in [0.15, 0.2) is 65.5 Å². The SMILES string of the molecule is Cc1cc(C(=O)COC(=O)CCn2nnc3ccccc3c2=O)c(C)n1Cc1ccccc1. The Hall–Kier alpha value is -4.07. The molecule has 0 saturated heterocycles. The Kier molecular flexibility index (Phi) is 6.44. The molecular weight excluding hydrogens is 420 g/mol. The molecule has 2 aromatic heterocycles. The number of fused-ring (bicyclic) bond motifs is 1. The Balaban J connectivity index is 1.35. The van der Waals surface area contributed by atoms with Gasteiger partial charge in [-0.1, -0.05) is 47.7 Å². The van der Waals surface area contributed by atoms with Crippen molar-refractivity contribution in [3.63, 3.8) is 0 Å². The number of aromatic nitrogens is 4. The lowest BCUT2D eigenvalue weighted by molar-refractivity contribution is -0.142. The van der Waals surface area contributed by atoms with Crippen LogP contribution in [0.4, 0.5) is 0 Å². The van der Waals surface area contributed by atoms with Gasteiger partial charge in [-0.15, -0.1) is 5.10 Å². The van der Waals surface area contributed by atoms with Gasteiger partial charge in [-0.05, 0) is 37.6 Å². The number of rotatable bonds is 8. The van der Waals surface area contributed by atoms with Crippen LogP contribution in [0.2, 0.25) is 0 Å². The minimum atomic E-state index is -0.580. The number of ether oxygens (including phenoxy) is 1. The number of hydrogen-bond donors (Lipinski definition) is 0. The second-order valence-corrected chi connectivity index (χ2v) is 7.83. The maximum absolute atomic E-state index is 12.7. The predicted octanol–water partition coefficient (Wildman–Crippen LogP) is 3.07. The van der Waals surface area contributed by atoms with Crippen molar-refractivity contribution in [3.8, 4) is 0 Å². The Labute approximate surface area is 190 Å². The number of esters is 1. The molecule has 4 rings (SSSR count). The standard InChI is InChI=1S/C25H24N4O4/c1-17-14-21(18(2)28(17)15-19-8-4-3-5-9-19)23(30)16-33-24(31)12-13-29-25(32)20-10-6-7-11-22(20)26-27-29/h3-11,14H,12-13,15-16H2,1-2H3. The Morgan fingerprint density at radius 1 is 1.00 bits per heavy atom. The molecule has 0 spiro atoms. The smallest absolute Gasteiger partial charge is 0.308 e. The number of aryl methyl sites for hydroxylation is 2. The van der Waals surface area contributed by atoms with E-state index in [0.717, 1.165) is 21.6 Å². The molecule has 8 heteroatoms. The monoisotopic (exact) mass is 444 g/mol. The van der Waals surface area contributed by atoms with Gasteiger partial charge in [0.1, 0.15) is 5.52 Å². The largest absolute Gasteiger partial charge is 0.457 e. The molecule has 33 heavy (non-hydrogen) atoms. The van der Waals surface area contributed by atoms with Gasteiger partial charge in [0.25, 0.3) is 5.56 Å². The molecule has 0 fully saturated rings. The van der Waals surface area contributed by atoms with E-state index < -0.39 is 5.97 Å². The number of benzene rings is 2. The number of carbonyl (C=O) groups excluding carboxylic acids is 2. The highest BCUT2D eigenvalue weighted by molar-refractivity contribution is 5.99. The van der Waals surface area contributed by atoms with E-state index in [1.165, 1.54) is 0 Å². The van der Waals surface area contributed by atoms with E-state index in [9.17, 15) is 14.4 Å². The summed E-state index contributed by atoms with van der Waals surface area (Å²) in [5, 5.41) is 8.28. The lowest BCUT2D eigenvalue weighted by Gasteiger charge is -2.10. The summed E-state index contributed by atoms with van der Waals surface area (Å²) < 4.78 is 8.36. The minimum Gasteiger partial charge on any atom is -0.457 e. The normalized spacial score (nSPS) is 11.0. The van der Waals surface area contributed by atoms with Gasteiger partial charge in [0.2, 0.25) is 5.78 Å². The zero-order valence-electron chi connectivity index (χ0n) is 18.5. The summed E-state index contributed by atoms with van der Waals surface area (Å²) in [4.78, 5) is 37.3. The molecule has 168 valence electrons. The highest BCUT2D eigenvalue weighted by Crippen LogP contribution is 2.18. The second kappa shape index (κ2) is 9.60. The summed E-state index contributed by atoms with van der Waals surface area (Å²) in [5.41, 5.74) is 3.63. The van der Waals surface area contributed by atoms with Crippen LogP contribution in [-0.2, 0) is 22.6 Å². The molecule has 8 nitrogen and oxygen atoms in total. The van der Waals surface area contributed by atoms with E-state index in [1.54, 1.807) is 24.3 Å². The van der Waals surface area contributed by atoms with Gasteiger partial charge in [0.05, 0.1) is 18.4 Å². The maximum Gasteiger partial charge on any atom is 0.308 e. The fourth-order valence-electron chi connectivity index (χ4n) is 3.76. The number of nitrogens with zero attached hydrogens (tertiary/aromatic N) is 4. The summed E-state index contributed by atoms with van der Waals surface area (Å²) in [5.74, 6) is -0.846. The quantitative estimate of drug-likeness (QED) is 0.306. The summed E-state index contributed by atoms with van der Waals surface area (Å²) in [6.07, 6.45) is -0.0900. The summed E-state index contributed by atoms with van der Waals surface area (Å²) in [6, 6.07) is 18.7. The molecule has 0 N–H and O–H groups in total. The molecule has 0 aliphatic carbocycles. The van der Waals surface area contributed by atoms with Crippen molar-refractivity contribution in [2.24, 2.45) is 0 Å². The summed E-state index contributed by atoms with van der Waals surface area (Å²) in [6.45, 7) is 4.16. The van der Waals surface area contributed by atoms with E-state index in [4.69, 9.17) is 4.74 Å².